The minimum absolute atomic E-state index is 0.150. The standard InChI is InChI=1S/C21H23Cl2N3O3/c1-29-19-5-3-2-4-18(19)25-21(28)26-10-8-14(9-11-26)13-24-20(27)16-12-15(22)6-7-17(16)23/h2-7,12,14H,8-11,13H2,1H3,(H,24,27)(H,25,28). The molecule has 3 rings (SSSR count). The summed E-state index contributed by atoms with van der Waals surface area (Å²) in [6, 6.07) is 12.0. The highest BCUT2D eigenvalue weighted by atomic mass is 35.5. The molecule has 0 spiro atoms. The van der Waals surface area contributed by atoms with Gasteiger partial charge in [0.25, 0.3) is 5.91 Å². The smallest absolute Gasteiger partial charge is 0.321 e. The molecule has 2 N–H and O–H groups in total. The van der Waals surface area contributed by atoms with Crippen molar-refractivity contribution in [3.05, 3.63) is 58.1 Å². The molecular formula is C21H23Cl2N3O3. The minimum atomic E-state index is -0.242. The number of urea groups is 1. The predicted molar refractivity (Wildman–Crippen MR) is 115 cm³/mol. The molecule has 0 aromatic heterocycles. The van der Waals surface area contributed by atoms with Crippen molar-refractivity contribution in [1.82, 2.24) is 10.2 Å². The van der Waals surface area contributed by atoms with Crippen molar-refractivity contribution < 1.29 is 14.3 Å². The fourth-order valence-corrected chi connectivity index (χ4v) is 3.66. The van der Waals surface area contributed by atoms with Crippen LogP contribution in [-0.2, 0) is 0 Å². The molecule has 1 heterocycles. The number of carbonyl (C=O) groups is 2. The summed E-state index contributed by atoms with van der Waals surface area (Å²) in [5.74, 6) is 0.680. The molecule has 0 bridgehead atoms. The first-order chi connectivity index (χ1) is 14.0. The van der Waals surface area contributed by atoms with Crippen molar-refractivity contribution in [2.75, 3.05) is 32.1 Å². The SMILES string of the molecule is COc1ccccc1NC(=O)N1CCC(CNC(=O)c2cc(Cl)ccc2Cl)CC1. The number of nitrogens with zero attached hydrogens (tertiary/aromatic N) is 1. The highest BCUT2D eigenvalue weighted by Gasteiger charge is 2.24. The third-order valence-corrected chi connectivity index (χ3v) is 5.54. The Kier molecular flexibility index (Phi) is 7.23. The van der Waals surface area contributed by atoms with Crippen LogP contribution in [0.15, 0.2) is 42.5 Å². The van der Waals surface area contributed by atoms with Crippen molar-refractivity contribution in [2.45, 2.75) is 12.8 Å². The van der Waals surface area contributed by atoms with E-state index in [1.165, 1.54) is 0 Å². The summed E-state index contributed by atoms with van der Waals surface area (Å²) in [5, 5.41) is 6.65. The summed E-state index contributed by atoms with van der Waals surface area (Å²) in [6.45, 7) is 1.78. The Labute approximate surface area is 180 Å². The summed E-state index contributed by atoms with van der Waals surface area (Å²) in [4.78, 5) is 26.7. The second kappa shape index (κ2) is 9.85. The van der Waals surface area contributed by atoms with Crippen LogP contribution in [0.1, 0.15) is 23.2 Å². The third kappa shape index (κ3) is 5.55. The van der Waals surface area contributed by atoms with E-state index >= 15 is 0 Å². The van der Waals surface area contributed by atoms with Crippen molar-refractivity contribution >= 4 is 40.8 Å². The van der Waals surface area contributed by atoms with E-state index in [0.717, 1.165) is 12.8 Å². The van der Waals surface area contributed by atoms with Crippen molar-refractivity contribution in [3.8, 4) is 5.75 Å². The lowest BCUT2D eigenvalue weighted by Gasteiger charge is -2.32. The van der Waals surface area contributed by atoms with Crippen LogP contribution in [0.3, 0.4) is 0 Å². The number of piperidine rings is 1. The maximum atomic E-state index is 12.5. The summed E-state index contributed by atoms with van der Waals surface area (Å²) in [6.07, 6.45) is 1.62. The van der Waals surface area contributed by atoms with E-state index in [1.807, 2.05) is 12.1 Å². The molecule has 2 aromatic rings. The van der Waals surface area contributed by atoms with Crippen LogP contribution in [0.5, 0.6) is 5.75 Å². The van der Waals surface area contributed by atoms with E-state index in [-0.39, 0.29) is 11.9 Å². The molecule has 1 saturated heterocycles. The first-order valence-electron chi connectivity index (χ1n) is 9.40. The molecule has 29 heavy (non-hydrogen) atoms. The number of anilines is 1. The van der Waals surface area contributed by atoms with Gasteiger partial charge in [0.15, 0.2) is 0 Å². The summed E-state index contributed by atoms with van der Waals surface area (Å²) in [7, 11) is 1.57. The maximum absolute atomic E-state index is 12.5. The molecule has 1 fully saturated rings. The maximum Gasteiger partial charge on any atom is 0.321 e. The van der Waals surface area contributed by atoms with E-state index < -0.39 is 0 Å². The van der Waals surface area contributed by atoms with Gasteiger partial charge in [0, 0.05) is 24.7 Å². The number of halogens is 2. The average Bonchev–Trinajstić information content (AvgIpc) is 2.74. The van der Waals surface area contributed by atoms with Gasteiger partial charge in [0.1, 0.15) is 5.75 Å². The van der Waals surface area contributed by atoms with Crippen LogP contribution < -0.4 is 15.4 Å². The first kappa shape index (κ1) is 21.3. The number of methoxy groups -OCH3 is 1. The van der Waals surface area contributed by atoms with Gasteiger partial charge in [-0.2, -0.15) is 0 Å². The van der Waals surface area contributed by atoms with Gasteiger partial charge in [-0.05, 0) is 49.1 Å². The Balaban J connectivity index is 1.47. The Morgan fingerprint density at radius 3 is 2.59 bits per heavy atom. The second-order valence-electron chi connectivity index (χ2n) is 6.90. The number of carbonyl (C=O) groups excluding carboxylic acids is 2. The van der Waals surface area contributed by atoms with Gasteiger partial charge < -0.3 is 20.3 Å². The first-order valence-corrected chi connectivity index (χ1v) is 10.2. The van der Waals surface area contributed by atoms with Crippen LogP contribution in [0, 0.1) is 5.92 Å². The Hall–Kier alpha value is -2.44. The molecular weight excluding hydrogens is 413 g/mol. The van der Waals surface area contributed by atoms with Crippen LogP contribution in [0.4, 0.5) is 10.5 Å². The summed E-state index contributed by atoms with van der Waals surface area (Å²) in [5.41, 5.74) is 1.01. The molecule has 2 aromatic carbocycles. The van der Waals surface area contributed by atoms with Crippen LogP contribution in [0.2, 0.25) is 10.0 Å². The topological polar surface area (TPSA) is 70.7 Å². The number of amides is 3. The highest BCUT2D eigenvalue weighted by Crippen LogP contribution is 2.25. The zero-order valence-corrected chi connectivity index (χ0v) is 17.6. The van der Waals surface area contributed by atoms with E-state index in [2.05, 4.69) is 10.6 Å². The van der Waals surface area contributed by atoms with Gasteiger partial charge >= 0.3 is 6.03 Å². The number of benzene rings is 2. The molecule has 1 aliphatic heterocycles. The Morgan fingerprint density at radius 1 is 1.14 bits per heavy atom. The molecule has 6 nitrogen and oxygen atoms in total. The van der Waals surface area contributed by atoms with Crippen LogP contribution in [0.25, 0.3) is 0 Å². The van der Waals surface area contributed by atoms with Crippen molar-refractivity contribution in [1.29, 1.82) is 0 Å². The summed E-state index contributed by atoms with van der Waals surface area (Å²) < 4.78 is 5.27. The normalized spacial score (nSPS) is 14.4. The largest absolute Gasteiger partial charge is 0.495 e. The van der Waals surface area contributed by atoms with Crippen molar-refractivity contribution in [2.24, 2.45) is 5.92 Å². The van der Waals surface area contributed by atoms with Gasteiger partial charge in [-0.25, -0.2) is 4.79 Å². The number of hydrogen-bond acceptors (Lipinski definition) is 3. The molecule has 0 radical (unpaired) electrons. The number of ether oxygens (including phenoxy) is 1. The molecule has 154 valence electrons. The monoisotopic (exact) mass is 435 g/mol. The molecule has 0 saturated carbocycles. The number of rotatable bonds is 5. The Morgan fingerprint density at radius 2 is 1.86 bits per heavy atom. The number of para-hydroxylation sites is 2. The molecule has 0 atom stereocenters. The fourth-order valence-electron chi connectivity index (χ4n) is 3.29. The predicted octanol–water partition coefficient (Wildman–Crippen LogP) is 4.68. The van der Waals surface area contributed by atoms with E-state index in [9.17, 15) is 9.59 Å². The second-order valence-corrected chi connectivity index (χ2v) is 7.74. The summed E-state index contributed by atoms with van der Waals surface area (Å²) >= 11 is 12.0. The lowest BCUT2D eigenvalue weighted by molar-refractivity contribution is 0.0939. The molecule has 0 aliphatic carbocycles. The van der Waals surface area contributed by atoms with Crippen LogP contribution >= 0.6 is 23.2 Å². The van der Waals surface area contributed by atoms with Gasteiger partial charge in [-0.1, -0.05) is 35.3 Å². The Bertz CT molecular complexity index is 883. The zero-order valence-electron chi connectivity index (χ0n) is 16.1. The zero-order chi connectivity index (χ0) is 20.8. The van der Waals surface area contributed by atoms with Gasteiger partial charge in [0.2, 0.25) is 0 Å². The quantitative estimate of drug-likeness (QED) is 0.716. The molecule has 1 aliphatic rings. The lowest BCUT2D eigenvalue weighted by Crippen LogP contribution is -2.43. The number of hydrogen-bond donors (Lipinski definition) is 2. The van der Waals surface area contributed by atoms with Gasteiger partial charge in [0.05, 0.1) is 23.4 Å². The lowest BCUT2D eigenvalue weighted by atomic mass is 9.97. The third-order valence-electron chi connectivity index (χ3n) is 4.97. The molecule has 3 amide bonds. The van der Waals surface area contributed by atoms with Gasteiger partial charge in [-0.3, -0.25) is 4.79 Å². The number of nitrogens with one attached hydrogen (secondary N) is 2. The van der Waals surface area contributed by atoms with E-state index in [1.54, 1.807) is 42.3 Å². The van der Waals surface area contributed by atoms with E-state index in [4.69, 9.17) is 27.9 Å². The minimum Gasteiger partial charge on any atom is -0.495 e. The van der Waals surface area contributed by atoms with Crippen molar-refractivity contribution in [3.63, 3.8) is 0 Å². The highest BCUT2D eigenvalue weighted by molar-refractivity contribution is 6.35. The van der Waals surface area contributed by atoms with Crippen LogP contribution in [-0.4, -0.2) is 43.6 Å². The fraction of sp³-hybridized carbons (Fsp3) is 0.333. The van der Waals surface area contributed by atoms with E-state index in [0.29, 0.717) is 52.6 Å². The average molecular weight is 436 g/mol. The molecule has 8 heteroatoms. The molecule has 0 unspecified atom stereocenters. The number of likely N-dealkylation sites (tertiary alicyclic amines) is 1. The van der Waals surface area contributed by atoms with Gasteiger partial charge in [-0.15, -0.1) is 0 Å².